The monoisotopic (exact) mass is 1410 g/mol. The number of amides is 3. The number of carbonyl (C=O) groups is 3. The summed E-state index contributed by atoms with van der Waals surface area (Å²) in [5.41, 5.74) is 3.52. The second-order valence-corrected chi connectivity index (χ2v) is 20.8. The fraction of sp³-hybridized carbons (Fsp3) is 0.175. The smallest absolute Gasteiger partial charge is 0.403 e. The second kappa shape index (κ2) is 32.0. The van der Waals surface area contributed by atoms with Gasteiger partial charge in [-0.05, 0) is 110 Å². The minimum absolute atomic E-state index is 0. The maximum Gasteiger partial charge on any atom is 0.416 e. The summed E-state index contributed by atoms with van der Waals surface area (Å²) < 4.78 is 156. The Balaban J connectivity index is 0.000000330. The summed E-state index contributed by atoms with van der Waals surface area (Å²) in [6.07, 6.45) is -1.30. The Morgan fingerprint density at radius 1 is 0.494 bits per heavy atom. The van der Waals surface area contributed by atoms with Crippen molar-refractivity contribution in [3.63, 3.8) is 0 Å². The van der Waals surface area contributed by atoms with Crippen LogP contribution in [-0.2, 0) is 84.4 Å². The number of hydrogen-bond donors (Lipinski definition) is 3. The fourth-order valence-electron chi connectivity index (χ4n) is 7.08. The maximum absolute atomic E-state index is 12.9. The van der Waals surface area contributed by atoms with Crippen LogP contribution < -0.4 is 16.0 Å². The Bertz CT molecular complexity index is 3670. The van der Waals surface area contributed by atoms with E-state index in [4.69, 9.17) is 13.3 Å². The first-order chi connectivity index (χ1) is 40.0. The molecule has 87 heavy (non-hydrogen) atoms. The van der Waals surface area contributed by atoms with E-state index in [1.54, 1.807) is 12.1 Å². The predicted octanol–water partition coefficient (Wildman–Crippen LogP) is 18.3. The number of nitrogens with zero attached hydrogens (tertiary/aromatic N) is 6. The molecule has 460 valence electrons. The molecule has 0 saturated carbocycles. The van der Waals surface area contributed by atoms with Gasteiger partial charge >= 0.3 is 34.4 Å². The number of carbonyl (C=O) groups excluding carboxylic acids is 3. The number of nitrogens with one attached hydrogen (secondary N) is 3. The number of halogens is 11. The van der Waals surface area contributed by atoms with Crippen molar-refractivity contribution < 1.29 is 137 Å². The van der Waals surface area contributed by atoms with Crippen molar-refractivity contribution in [3.8, 4) is 34.4 Å². The normalized spacial score (nSPS) is 11.8. The van der Waals surface area contributed by atoms with Crippen LogP contribution in [0.4, 0.5) is 62.3 Å². The molecule has 0 atom stereocenters. The first-order valence-corrected chi connectivity index (χ1v) is 28.7. The number of anilines is 3. The molecule has 9 aromatic rings. The first kappa shape index (κ1) is 74.5. The molecular weight excluding hydrogens is 1360 g/mol. The van der Waals surface area contributed by atoms with Crippen molar-refractivity contribution in [1.82, 2.24) is 30.6 Å². The molecule has 0 aliphatic carbocycles. The van der Waals surface area contributed by atoms with Gasteiger partial charge in [-0.25, -0.2) is 0 Å². The van der Waals surface area contributed by atoms with Crippen molar-refractivity contribution in [2.24, 2.45) is 0 Å². The van der Waals surface area contributed by atoms with Crippen molar-refractivity contribution >= 4 is 57.2 Å². The molecule has 6 aromatic carbocycles. The van der Waals surface area contributed by atoms with Gasteiger partial charge < -0.3 is 27.1 Å². The third kappa shape index (κ3) is 22.7. The number of aromatic nitrogens is 6. The van der Waals surface area contributed by atoms with Gasteiger partial charge in [0, 0.05) is 98.8 Å². The molecule has 0 spiro atoms. The molecule has 0 saturated heterocycles. The predicted molar refractivity (Wildman–Crippen MR) is 303 cm³/mol. The van der Waals surface area contributed by atoms with Gasteiger partial charge in [0.15, 0.2) is 0 Å². The molecule has 0 fully saturated rings. The van der Waals surface area contributed by atoms with Crippen LogP contribution in [0.5, 0.6) is 0 Å². The fourth-order valence-corrected chi connectivity index (χ4v) is 8.26. The van der Waals surface area contributed by atoms with Gasteiger partial charge in [0.25, 0.3) is 17.7 Å². The van der Waals surface area contributed by atoms with Crippen LogP contribution in [0.2, 0.25) is 0 Å². The molecule has 15 nitrogen and oxygen atoms in total. The Hall–Kier alpha value is -6.71. The van der Waals surface area contributed by atoms with Gasteiger partial charge in [-0.1, -0.05) is 135 Å². The molecule has 2 radical (unpaired) electrons. The topological polar surface area (TPSA) is 204 Å². The van der Waals surface area contributed by atoms with E-state index in [1.807, 2.05) is 94.5 Å². The molecule has 0 aliphatic rings. The summed E-state index contributed by atoms with van der Waals surface area (Å²) in [4.78, 5) is 33.5. The van der Waals surface area contributed by atoms with E-state index >= 15 is 0 Å². The van der Waals surface area contributed by atoms with E-state index in [2.05, 4.69) is 61.1 Å². The summed E-state index contributed by atoms with van der Waals surface area (Å²) in [5.74, 6) is -2.01. The van der Waals surface area contributed by atoms with Gasteiger partial charge in [-0.2, -0.15) is 26.0 Å². The molecule has 0 unspecified atom stereocenters. The molecule has 3 aromatic heterocycles. The Morgan fingerprint density at radius 2 is 0.908 bits per heavy atom. The molecule has 30 heteroatoms. The SMILES string of the molecule is CC.CC.O=C(Nc1nnc(-c2ccc(C(F)(F)F)cc2)o1)c1cccc(S(F)(F)(F)(F)F)c1.[CH2-]CCc1cc(C)cc(C(=O)Nc2nnc(-c3ccccc3)o2)c1.[CH2-]CCc1ccc(-c2nnc(NC(=O)c3cccc(S(F)(F)F)c3)o2)cc1.[Y].[Y]. The molecule has 0 aliphatic heterocycles. The van der Waals surface area contributed by atoms with Crippen LogP contribution in [-0.4, -0.2) is 48.3 Å². The van der Waals surface area contributed by atoms with E-state index in [0.717, 1.165) is 90.4 Å². The van der Waals surface area contributed by atoms with Crippen molar-refractivity contribution in [3.05, 3.63) is 198 Å². The molecule has 3 N–H and O–H groups in total. The summed E-state index contributed by atoms with van der Waals surface area (Å²) in [6, 6.07) is 31.2. The quantitative estimate of drug-likeness (QED) is 0.0648. The standard InChI is InChI=1S/C19H18N3O2.C18H15F3N3O2S.C16H9F8N3O2S.2C2H6.2Y/c1-3-7-14-10-13(2)11-16(12-14)17(23)20-19-22-21-18(24-19)15-8-5-4-6-9-15;1-2-4-12-7-9-13(10-8-12)17-23-24-18(26-17)22-16(25)14-5-3-6-15(11-14)27(19,20)21;17-16(18,19)11-6-4-9(5-7-11)14-26-27-15(29-14)25-13(28)10-2-1-3-12(8-10)30(20,21,22,23)24;2*1-2;;/h4-6,8-12H,1,3,7H2,2H3,(H,20,22,23);3,5-11H,1-2,4H2,(H,22,24,25);1-8H,(H,25,27,28);2*1-2H3;;/q2*-1;;;;;. The van der Waals surface area contributed by atoms with Gasteiger partial charge in [0.2, 0.25) is 28.9 Å². The average molecular weight is 1410 g/mol. The van der Waals surface area contributed by atoms with Crippen LogP contribution in [0.1, 0.15) is 93.9 Å². The largest absolute Gasteiger partial charge is 0.416 e. The Morgan fingerprint density at radius 3 is 1.34 bits per heavy atom. The van der Waals surface area contributed by atoms with Crippen LogP contribution >= 0.6 is 21.4 Å². The van der Waals surface area contributed by atoms with Crippen LogP contribution in [0.3, 0.4) is 0 Å². The maximum atomic E-state index is 12.9. The zero-order valence-corrected chi connectivity index (χ0v) is 54.2. The number of aryl methyl sites for hydroxylation is 3. The molecule has 0 bridgehead atoms. The van der Waals surface area contributed by atoms with Gasteiger partial charge in [-0.15, -0.1) is 27.0 Å². The minimum atomic E-state index is -9.99. The molecule has 3 amide bonds. The summed E-state index contributed by atoms with van der Waals surface area (Å²) in [5, 5.41) is 29.2. The second-order valence-electron chi connectivity index (χ2n) is 17.1. The molecular formula is C57H54F11N9O6S2Y2-2. The number of alkyl halides is 3. The van der Waals surface area contributed by atoms with E-state index in [-0.39, 0.29) is 118 Å². The number of rotatable bonds is 15. The van der Waals surface area contributed by atoms with E-state index in [9.17, 15) is 58.6 Å². The van der Waals surface area contributed by atoms with Crippen LogP contribution in [0.25, 0.3) is 34.4 Å². The van der Waals surface area contributed by atoms with Gasteiger partial charge in [0.05, 0.1) is 10.5 Å². The third-order valence-electron chi connectivity index (χ3n) is 10.9. The van der Waals surface area contributed by atoms with Crippen molar-refractivity contribution in [2.75, 3.05) is 16.0 Å². The molecule has 9 rings (SSSR count). The summed E-state index contributed by atoms with van der Waals surface area (Å²) in [6.45, 7) is 17.6. The van der Waals surface area contributed by atoms with Crippen LogP contribution in [0.15, 0.2) is 169 Å². The van der Waals surface area contributed by atoms with Gasteiger partial charge in [-0.3, -0.25) is 30.3 Å². The number of benzene rings is 6. The number of hydrogen-bond acceptors (Lipinski definition) is 12. The van der Waals surface area contributed by atoms with E-state index in [1.165, 1.54) is 12.1 Å². The van der Waals surface area contributed by atoms with Crippen LogP contribution in [0, 0.1) is 20.8 Å². The summed E-state index contributed by atoms with van der Waals surface area (Å²) >= 11 is -5.41. The summed E-state index contributed by atoms with van der Waals surface area (Å²) in [7, 11) is -9.99. The Labute approximate surface area is 545 Å². The zero-order valence-electron chi connectivity index (χ0n) is 46.9. The Kier molecular flexibility index (Phi) is 27.4. The van der Waals surface area contributed by atoms with E-state index < -0.39 is 66.3 Å². The minimum Gasteiger partial charge on any atom is -0.403 e. The third-order valence-corrected chi connectivity index (χ3v) is 12.8. The first-order valence-electron chi connectivity index (χ1n) is 25.4. The zero-order chi connectivity index (χ0) is 62.8. The van der Waals surface area contributed by atoms with E-state index in [0.29, 0.717) is 23.1 Å². The van der Waals surface area contributed by atoms with Crippen molar-refractivity contribution in [2.45, 2.75) is 76.3 Å². The van der Waals surface area contributed by atoms with Gasteiger partial charge in [0.1, 0.15) is 4.90 Å². The molecule has 3 heterocycles. The van der Waals surface area contributed by atoms with Crippen molar-refractivity contribution in [1.29, 1.82) is 0 Å². The average Bonchev–Trinajstić information content (AvgIpc) is 1.63.